The van der Waals surface area contributed by atoms with Crippen LogP contribution in [0, 0.1) is 0 Å². The van der Waals surface area contributed by atoms with Crippen LogP contribution in [0.25, 0.3) is 0 Å². The van der Waals surface area contributed by atoms with E-state index in [1.807, 2.05) is 0 Å². The molecule has 0 aromatic rings. The fourth-order valence-corrected chi connectivity index (χ4v) is 2.62. The number of ether oxygens (including phenoxy) is 1. The van der Waals surface area contributed by atoms with Gasteiger partial charge in [-0.25, -0.2) is 0 Å². The van der Waals surface area contributed by atoms with Crippen LogP contribution in [0.5, 0.6) is 0 Å². The molecular weight excluding hydrogens is 272 g/mol. The molecule has 1 unspecified atom stereocenters. The number of hydrogen-bond acceptors (Lipinski definition) is 5. The third-order valence-electron chi connectivity index (χ3n) is 3.88. The van der Waals surface area contributed by atoms with Gasteiger partial charge in [0.15, 0.2) is 0 Å². The summed E-state index contributed by atoms with van der Waals surface area (Å²) in [5.74, 6) is -0.521. The summed E-state index contributed by atoms with van der Waals surface area (Å²) in [6.07, 6.45) is 8.58. The van der Waals surface area contributed by atoms with Crippen LogP contribution in [-0.2, 0) is 14.3 Å². The molecule has 0 saturated heterocycles. The molecule has 0 bridgehead atoms. The van der Waals surface area contributed by atoms with Gasteiger partial charge in [0.2, 0.25) is 5.91 Å². The molecule has 21 heavy (non-hydrogen) atoms. The zero-order valence-corrected chi connectivity index (χ0v) is 12.9. The molecule has 6 heteroatoms. The molecule has 1 fully saturated rings. The van der Waals surface area contributed by atoms with E-state index in [9.17, 15) is 9.59 Å². The number of aliphatic hydroxyl groups is 1. The average molecular weight is 300 g/mol. The van der Waals surface area contributed by atoms with Gasteiger partial charge in [0.1, 0.15) is 6.04 Å². The molecule has 1 rings (SSSR count). The van der Waals surface area contributed by atoms with Crippen LogP contribution < -0.4 is 10.6 Å². The summed E-state index contributed by atoms with van der Waals surface area (Å²) in [5, 5.41) is 14.9. The van der Waals surface area contributed by atoms with Crippen molar-refractivity contribution in [2.75, 3.05) is 20.3 Å². The van der Waals surface area contributed by atoms with Gasteiger partial charge >= 0.3 is 5.97 Å². The largest absolute Gasteiger partial charge is 0.468 e. The van der Waals surface area contributed by atoms with E-state index in [0.29, 0.717) is 13.0 Å². The monoisotopic (exact) mass is 300 g/mol. The molecule has 0 spiro atoms. The number of amides is 1. The van der Waals surface area contributed by atoms with Gasteiger partial charge < -0.3 is 20.5 Å². The zero-order chi connectivity index (χ0) is 15.5. The second-order valence-corrected chi connectivity index (χ2v) is 5.57. The lowest BCUT2D eigenvalue weighted by atomic mass is 9.96. The maximum Gasteiger partial charge on any atom is 0.325 e. The van der Waals surface area contributed by atoms with Gasteiger partial charge in [-0.05, 0) is 12.8 Å². The Hall–Kier alpha value is -1.14. The van der Waals surface area contributed by atoms with Crippen LogP contribution in [0.2, 0.25) is 0 Å². The summed E-state index contributed by atoms with van der Waals surface area (Å²) in [5.41, 5.74) is 0. The Morgan fingerprint density at radius 3 is 2.38 bits per heavy atom. The smallest absolute Gasteiger partial charge is 0.325 e. The van der Waals surface area contributed by atoms with Crippen molar-refractivity contribution in [3.8, 4) is 0 Å². The number of carbonyl (C=O) groups excluding carboxylic acids is 2. The molecule has 1 amide bonds. The minimum Gasteiger partial charge on any atom is -0.468 e. The van der Waals surface area contributed by atoms with Crippen LogP contribution >= 0.6 is 0 Å². The Morgan fingerprint density at radius 1 is 1.19 bits per heavy atom. The normalized spacial score (nSPS) is 18.4. The highest BCUT2D eigenvalue weighted by atomic mass is 16.5. The van der Waals surface area contributed by atoms with Crippen molar-refractivity contribution < 1.29 is 19.4 Å². The van der Waals surface area contributed by atoms with E-state index in [0.717, 1.165) is 12.8 Å². The summed E-state index contributed by atoms with van der Waals surface area (Å²) in [4.78, 5) is 23.1. The number of nitrogens with one attached hydrogen (secondary N) is 2. The fourth-order valence-electron chi connectivity index (χ4n) is 2.62. The van der Waals surface area contributed by atoms with Crippen molar-refractivity contribution in [3.05, 3.63) is 0 Å². The molecule has 0 aliphatic heterocycles. The van der Waals surface area contributed by atoms with Crippen LogP contribution in [0.15, 0.2) is 0 Å². The van der Waals surface area contributed by atoms with Crippen LogP contribution in [-0.4, -0.2) is 49.3 Å². The minimum atomic E-state index is -0.760. The molecule has 1 aliphatic rings. The Bertz CT molecular complexity index is 315. The van der Waals surface area contributed by atoms with Gasteiger partial charge in [-0.3, -0.25) is 9.59 Å². The van der Waals surface area contributed by atoms with Crippen molar-refractivity contribution in [3.63, 3.8) is 0 Å². The quantitative estimate of drug-likeness (QED) is 0.603. The van der Waals surface area contributed by atoms with E-state index in [4.69, 9.17) is 5.11 Å². The molecular formula is C15H28N2O4. The second kappa shape index (κ2) is 10.6. The molecule has 3 N–H and O–H groups in total. The molecule has 122 valence electrons. The van der Waals surface area contributed by atoms with E-state index < -0.39 is 12.0 Å². The maximum absolute atomic E-state index is 11.9. The van der Waals surface area contributed by atoms with E-state index in [-0.39, 0.29) is 18.6 Å². The SMILES string of the molecule is COC(=O)C(CO)NCCC(=O)NC1CCCCCCC1. The molecule has 0 aromatic carbocycles. The van der Waals surface area contributed by atoms with E-state index >= 15 is 0 Å². The van der Waals surface area contributed by atoms with Crippen molar-refractivity contribution in [2.45, 2.75) is 63.5 Å². The fraction of sp³-hybridized carbons (Fsp3) is 0.867. The lowest BCUT2D eigenvalue weighted by molar-refractivity contribution is -0.144. The lowest BCUT2D eigenvalue weighted by Gasteiger charge is -2.21. The van der Waals surface area contributed by atoms with E-state index in [1.54, 1.807) is 0 Å². The highest BCUT2D eigenvalue weighted by Crippen LogP contribution is 2.17. The summed E-state index contributed by atoms with van der Waals surface area (Å²) in [7, 11) is 1.27. The maximum atomic E-state index is 11.9. The third-order valence-corrected chi connectivity index (χ3v) is 3.88. The number of carbonyl (C=O) groups is 2. The first-order valence-corrected chi connectivity index (χ1v) is 7.88. The van der Waals surface area contributed by atoms with Gasteiger partial charge in [0, 0.05) is 19.0 Å². The molecule has 1 aliphatic carbocycles. The molecule has 1 saturated carbocycles. The number of methoxy groups -OCH3 is 1. The van der Waals surface area contributed by atoms with Crippen LogP contribution in [0.4, 0.5) is 0 Å². The van der Waals surface area contributed by atoms with E-state index in [1.165, 1.54) is 39.2 Å². The zero-order valence-electron chi connectivity index (χ0n) is 12.9. The number of rotatable bonds is 7. The van der Waals surface area contributed by atoms with Gasteiger partial charge in [-0.15, -0.1) is 0 Å². The summed E-state index contributed by atoms with van der Waals surface area (Å²) >= 11 is 0. The first-order valence-electron chi connectivity index (χ1n) is 7.88. The Morgan fingerprint density at radius 2 is 1.81 bits per heavy atom. The third kappa shape index (κ3) is 7.43. The van der Waals surface area contributed by atoms with Crippen molar-refractivity contribution in [1.29, 1.82) is 0 Å². The highest BCUT2D eigenvalue weighted by molar-refractivity contribution is 5.77. The number of esters is 1. The van der Waals surface area contributed by atoms with Crippen molar-refractivity contribution >= 4 is 11.9 Å². The van der Waals surface area contributed by atoms with Crippen LogP contribution in [0.3, 0.4) is 0 Å². The van der Waals surface area contributed by atoms with Gasteiger partial charge in [-0.2, -0.15) is 0 Å². The van der Waals surface area contributed by atoms with Crippen molar-refractivity contribution in [2.24, 2.45) is 0 Å². The average Bonchev–Trinajstić information content (AvgIpc) is 2.45. The molecule has 0 heterocycles. The Kier molecular flexibility index (Phi) is 9.01. The molecule has 0 aromatic heterocycles. The van der Waals surface area contributed by atoms with Crippen LogP contribution in [0.1, 0.15) is 51.4 Å². The highest BCUT2D eigenvalue weighted by Gasteiger charge is 2.18. The molecule has 6 nitrogen and oxygen atoms in total. The second-order valence-electron chi connectivity index (χ2n) is 5.57. The number of hydrogen-bond donors (Lipinski definition) is 3. The van der Waals surface area contributed by atoms with Gasteiger partial charge in [0.05, 0.1) is 13.7 Å². The van der Waals surface area contributed by atoms with Crippen molar-refractivity contribution in [1.82, 2.24) is 10.6 Å². The standard InChI is InChI=1S/C15H28N2O4/c1-21-15(20)13(11-18)16-10-9-14(19)17-12-7-5-3-2-4-6-8-12/h12-13,16,18H,2-11H2,1H3,(H,17,19). The lowest BCUT2D eigenvalue weighted by Crippen LogP contribution is -2.43. The number of aliphatic hydroxyl groups excluding tert-OH is 1. The topological polar surface area (TPSA) is 87.7 Å². The summed E-state index contributed by atoms with van der Waals surface area (Å²) in [6.45, 7) is 0.00972. The Balaban J connectivity index is 2.21. The predicted molar refractivity (Wildman–Crippen MR) is 79.8 cm³/mol. The minimum absolute atomic E-state index is 0.00497. The summed E-state index contributed by atoms with van der Waals surface area (Å²) in [6, 6.07) is -0.476. The summed E-state index contributed by atoms with van der Waals surface area (Å²) < 4.78 is 4.55. The van der Waals surface area contributed by atoms with Gasteiger partial charge in [0.25, 0.3) is 0 Å². The first-order chi connectivity index (χ1) is 10.2. The van der Waals surface area contributed by atoms with E-state index in [2.05, 4.69) is 15.4 Å². The Labute approximate surface area is 126 Å². The predicted octanol–water partition coefficient (Wildman–Crippen LogP) is 0.729. The van der Waals surface area contributed by atoms with Gasteiger partial charge in [-0.1, -0.05) is 32.1 Å². The first kappa shape index (κ1) is 17.9. The molecule has 1 atom stereocenters. The molecule has 0 radical (unpaired) electrons.